The number of hydrogen-bond donors (Lipinski definition) is 2. The lowest BCUT2D eigenvalue weighted by Gasteiger charge is -2.34. The van der Waals surface area contributed by atoms with Crippen LogP contribution >= 0.6 is 24.8 Å². The molecule has 0 aromatic heterocycles. The number of ether oxygens (including phenoxy) is 1. The Labute approximate surface area is 197 Å². The fourth-order valence-electron chi connectivity index (χ4n) is 4.59. The Balaban J connectivity index is 0.00000171. The first kappa shape index (κ1) is 25.5. The molecule has 2 heterocycles. The summed E-state index contributed by atoms with van der Waals surface area (Å²) in [7, 11) is 3.61. The van der Waals surface area contributed by atoms with Crippen molar-refractivity contribution in [3.8, 4) is 5.75 Å². The Hall–Kier alpha value is -1.79. The van der Waals surface area contributed by atoms with Gasteiger partial charge in [0.25, 0.3) is 0 Å². The summed E-state index contributed by atoms with van der Waals surface area (Å²) in [5, 5.41) is 7.44. The van der Waals surface area contributed by atoms with Crippen molar-refractivity contribution in [2.45, 2.75) is 50.7 Å². The number of nitrogens with one attached hydrogen (secondary N) is 2. The van der Waals surface area contributed by atoms with Gasteiger partial charge in [0.2, 0.25) is 5.91 Å². The molecule has 2 aliphatic heterocycles. The molecule has 2 N–H and O–H groups in total. The zero-order valence-corrected chi connectivity index (χ0v) is 19.9. The van der Waals surface area contributed by atoms with Crippen LogP contribution in [0.2, 0.25) is 0 Å². The Kier molecular flexibility index (Phi) is 9.63. The summed E-state index contributed by atoms with van der Waals surface area (Å²) < 4.78 is 5.71. The molecular weight excluding hydrogens is 433 g/mol. The van der Waals surface area contributed by atoms with Gasteiger partial charge in [-0.1, -0.05) is 30.3 Å². The SMILES string of the molecule is COc1cc2c(cc1CNC1CCCNC1c1ccccc1)N(C)C(=O)CCC2.Cl.Cl. The monoisotopic (exact) mass is 465 g/mol. The van der Waals surface area contributed by atoms with Crippen molar-refractivity contribution in [2.24, 2.45) is 0 Å². The standard InChI is InChI=1S/C24H31N3O2.2ClH/c1-27-21-14-19(22(29-2)15-18(21)10-6-12-23(27)28)16-26-20-11-7-13-25-24(20)17-8-4-3-5-9-17;;/h3-5,8-9,14-15,20,24-26H,6-7,10-13,16H2,1-2H3;2*1H. The summed E-state index contributed by atoms with van der Waals surface area (Å²) >= 11 is 0. The Morgan fingerprint density at radius 3 is 2.65 bits per heavy atom. The Morgan fingerprint density at radius 1 is 1.13 bits per heavy atom. The molecule has 0 aliphatic carbocycles. The van der Waals surface area contributed by atoms with Gasteiger partial charge < -0.3 is 20.3 Å². The molecule has 2 atom stereocenters. The van der Waals surface area contributed by atoms with Crippen molar-refractivity contribution in [1.82, 2.24) is 10.6 Å². The first-order valence-electron chi connectivity index (χ1n) is 10.7. The zero-order chi connectivity index (χ0) is 20.2. The van der Waals surface area contributed by atoms with Crippen LogP contribution in [0.1, 0.15) is 48.4 Å². The van der Waals surface area contributed by atoms with Gasteiger partial charge in [-0.25, -0.2) is 0 Å². The van der Waals surface area contributed by atoms with Gasteiger partial charge in [0.05, 0.1) is 7.11 Å². The number of hydrogen-bond acceptors (Lipinski definition) is 4. The van der Waals surface area contributed by atoms with E-state index in [4.69, 9.17) is 4.74 Å². The van der Waals surface area contributed by atoms with Crippen LogP contribution in [0.15, 0.2) is 42.5 Å². The van der Waals surface area contributed by atoms with Crippen LogP contribution in [0, 0.1) is 0 Å². The fraction of sp³-hybridized carbons (Fsp3) is 0.458. The number of methoxy groups -OCH3 is 1. The molecule has 1 amide bonds. The largest absolute Gasteiger partial charge is 0.496 e. The molecule has 4 rings (SSSR count). The normalized spacial score (nSPS) is 20.7. The van der Waals surface area contributed by atoms with Crippen molar-refractivity contribution in [1.29, 1.82) is 0 Å². The summed E-state index contributed by atoms with van der Waals surface area (Å²) in [6, 6.07) is 15.6. The smallest absolute Gasteiger partial charge is 0.226 e. The number of piperidine rings is 1. The molecule has 2 aromatic rings. The van der Waals surface area contributed by atoms with E-state index in [2.05, 4.69) is 53.1 Å². The number of aryl methyl sites for hydroxylation is 1. The molecule has 2 aliphatic rings. The van der Waals surface area contributed by atoms with E-state index in [1.807, 2.05) is 7.05 Å². The molecule has 0 spiro atoms. The van der Waals surface area contributed by atoms with Crippen LogP contribution in [0.4, 0.5) is 5.69 Å². The number of halogens is 2. The Bertz CT molecular complexity index is 863. The third kappa shape index (κ3) is 5.72. The second kappa shape index (κ2) is 11.7. The lowest BCUT2D eigenvalue weighted by molar-refractivity contribution is -0.118. The second-order valence-electron chi connectivity index (χ2n) is 8.07. The first-order valence-corrected chi connectivity index (χ1v) is 10.7. The van der Waals surface area contributed by atoms with E-state index in [-0.39, 0.29) is 30.7 Å². The molecule has 5 nitrogen and oxygen atoms in total. The number of anilines is 1. The average molecular weight is 466 g/mol. The lowest BCUT2D eigenvalue weighted by atomic mass is 9.92. The summed E-state index contributed by atoms with van der Waals surface area (Å²) in [5.74, 6) is 1.09. The predicted molar refractivity (Wildman–Crippen MR) is 131 cm³/mol. The highest BCUT2D eigenvalue weighted by molar-refractivity contribution is 5.94. The minimum Gasteiger partial charge on any atom is -0.496 e. The van der Waals surface area contributed by atoms with Gasteiger partial charge in [-0.3, -0.25) is 4.79 Å². The van der Waals surface area contributed by atoms with Gasteiger partial charge in [-0.2, -0.15) is 0 Å². The third-order valence-electron chi connectivity index (χ3n) is 6.23. The van der Waals surface area contributed by atoms with E-state index < -0.39 is 0 Å². The summed E-state index contributed by atoms with van der Waals surface area (Å²) in [6.07, 6.45) is 4.72. The highest BCUT2D eigenvalue weighted by Gasteiger charge is 2.26. The van der Waals surface area contributed by atoms with Gasteiger partial charge in [0.15, 0.2) is 0 Å². The van der Waals surface area contributed by atoms with E-state index in [9.17, 15) is 4.79 Å². The summed E-state index contributed by atoms with van der Waals surface area (Å²) in [4.78, 5) is 14.1. The topological polar surface area (TPSA) is 53.6 Å². The number of fused-ring (bicyclic) bond motifs is 1. The number of amides is 1. The second-order valence-corrected chi connectivity index (χ2v) is 8.07. The minimum absolute atomic E-state index is 0. The number of carbonyl (C=O) groups is 1. The van der Waals surface area contributed by atoms with Crippen molar-refractivity contribution >= 4 is 36.4 Å². The highest BCUT2D eigenvalue weighted by atomic mass is 35.5. The molecule has 1 fully saturated rings. The fourth-order valence-corrected chi connectivity index (χ4v) is 4.59. The van der Waals surface area contributed by atoms with Crippen molar-refractivity contribution in [2.75, 3.05) is 25.6 Å². The minimum atomic E-state index is 0. The molecule has 1 saturated heterocycles. The van der Waals surface area contributed by atoms with E-state index in [0.29, 0.717) is 25.0 Å². The number of rotatable bonds is 5. The van der Waals surface area contributed by atoms with Gasteiger partial charge in [0, 0.05) is 43.3 Å². The maximum atomic E-state index is 12.3. The van der Waals surface area contributed by atoms with Crippen molar-refractivity contribution in [3.63, 3.8) is 0 Å². The van der Waals surface area contributed by atoms with Crippen molar-refractivity contribution in [3.05, 3.63) is 59.2 Å². The van der Waals surface area contributed by atoms with Crippen molar-refractivity contribution < 1.29 is 9.53 Å². The molecule has 170 valence electrons. The molecule has 0 radical (unpaired) electrons. The highest BCUT2D eigenvalue weighted by Crippen LogP contribution is 2.33. The quantitative estimate of drug-likeness (QED) is 0.685. The Morgan fingerprint density at radius 2 is 1.90 bits per heavy atom. The van der Waals surface area contributed by atoms with E-state index in [1.165, 1.54) is 17.5 Å². The average Bonchev–Trinajstić information content (AvgIpc) is 2.90. The molecular formula is C24H33Cl2N3O2. The molecule has 0 bridgehead atoms. The van der Waals surface area contributed by atoms with Crippen LogP contribution in [0.25, 0.3) is 0 Å². The molecule has 7 heteroatoms. The molecule has 2 unspecified atom stereocenters. The molecule has 2 aromatic carbocycles. The molecule has 0 saturated carbocycles. The molecule has 31 heavy (non-hydrogen) atoms. The van der Waals surface area contributed by atoms with Gasteiger partial charge >= 0.3 is 0 Å². The number of carbonyl (C=O) groups excluding carboxylic acids is 1. The summed E-state index contributed by atoms with van der Waals surface area (Å²) in [5.41, 5.74) is 4.64. The maximum absolute atomic E-state index is 12.3. The summed E-state index contributed by atoms with van der Waals surface area (Å²) in [6.45, 7) is 1.76. The van der Waals surface area contributed by atoms with Crippen LogP contribution in [-0.4, -0.2) is 32.7 Å². The van der Waals surface area contributed by atoms with E-state index in [0.717, 1.165) is 42.8 Å². The van der Waals surface area contributed by atoms with E-state index >= 15 is 0 Å². The maximum Gasteiger partial charge on any atom is 0.226 e. The third-order valence-corrected chi connectivity index (χ3v) is 6.23. The number of nitrogens with zero attached hydrogens (tertiary/aromatic N) is 1. The van der Waals surface area contributed by atoms with Crippen LogP contribution in [-0.2, 0) is 17.8 Å². The number of benzene rings is 2. The van der Waals surface area contributed by atoms with Crippen LogP contribution in [0.3, 0.4) is 0 Å². The first-order chi connectivity index (χ1) is 14.2. The van der Waals surface area contributed by atoms with Gasteiger partial charge in [0.1, 0.15) is 5.75 Å². The van der Waals surface area contributed by atoms with Gasteiger partial charge in [-0.05, 0) is 55.5 Å². The van der Waals surface area contributed by atoms with Gasteiger partial charge in [-0.15, -0.1) is 24.8 Å². The zero-order valence-electron chi connectivity index (χ0n) is 18.2. The lowest BCUT2D eigenvalue weighted by Crippen LogP contribution is -2.45. The van der Waals surface area contributed by atoms with E-state index in [1.54, 1.807) is 12.0 Å². The van der Waals surface area contributed by atoms with Crippen LogP contribution in [0.5, 0.6) is 5.75 Å². The predicted octanol–water partition coefficient (Wildman–Crippen LogP) is 4.42. The van der Waals surface area contributed by atoms with Crippen LogP contribution < -0.4 is 20.3 Å².